The number of alkyl carbamates (subject to hydrolysis) is 1. The summed E-state index contributed by atoms with van der Waals surface area (Å²) in [7, 11) is 0. The number of amides is 3. The Balaban J connectivity index is 3.55. The van der Waals surface area contributed by atoms with Crippen molar-refractivity contribution in [3.8, 4) is 0 Å². The van der Waals surface area contributed by atoms with Gasteiger partial charge in [0.2, 0.25) is 0 Å². The van der Waals surface area contributed by atoms with Crippen molar-refractivity contribution < 1.29 is 24.2 Å². The van der Waals surface area contributed by atoms with Gasteiger partial charge in [-0.05, 0) is 33.6 Å². The number of carbonyl (C=O) groups excluding carboxylic acids is 2. The van der Waals surface area contributed by atoms with Crippen LogP contribution < -0.4 is 21.7 Å². The molecule has 9 nitrogen and oxygen atoms in total. The first-order chi connectivity index (χ1) is 10.1. The van der Waals surface area contributed by atoms with Crippen LogP contribution >= 0.6 is 0 Å². The summed E-state index contributed by atoms with van der Waals surface area (Å²) >= 11 is 0. The van der Waals surface area contributed by atoms with Crippen molar-refractivity contribution >= 4 is 18.1 Å². The molecule has 0 aromatic rings. The number of unbranched alkanes of at least 4 members (excludes halogenated alkanes) is 1. The molecule has 0 fully saturated rings. The van der Waals surface area contributed by atoms with Crippen LogP contribution in [0.15, 0.2) is 0 Å². The van der Waals surface area contributed by atoms with Crippen molar-refractivity contribution in [3.05, 3.63) is 0 Å². The third-order valence-corrected chi connectivity index (χ3v) is 2.36. The predicted molar refractivity (Wildman–Crippen MR) is 80.5 cm³/mol. The zero-order chi connectivity index (χ0) is 17.2. The third kappa shape index (κ3) is 11.8. The molecule has 0 spiro atoms. The maximum Gasteiger partial charge on any atom is 0.407 e. The smallest absolute Gasteiger partial charge is 0.407 e. The summed E-state index contributed by atoms with van der Waals surface area (Å²) in [6.07, 6.45) is 0.864. The van der Waals surface area contributed by atoms with Crippen LogP contribution in [0.25, 0.3) is 0 Å². The Morgan fingerprint density at radius 1 is 1.09 bits per heavy atom. The number of nitrogens with two attached hydrogens (primary N) is 1. The molecule has 9 heteroatoms. The van der Waals surface area contributed by atoms with Gasteiger partial charge in [-0.25, -0.2) is 9.59 Å². The van der Waals surface area contributed by atoms with Crippen LogP contribution in [-0.4, -0.2) is 54.5 Å². The maximum absolute atomic E-state index is 11.3. The maximum atomic E-state index is 11.3. The highest BCUT2D eigenvalue weighted by Crippen LogP contribution is 2.06. The molecular weight excluding hydrogens is 292 g/mol. The molecule has 0 radical (unpaired) electrons. The Morgan fingerprint density at radius 2 is 1.64 bits per heavy atom. The van der Waals surface area contributed by atoms with Gasteiger partial charge in [0.05, 0.1) is 0 Å². The van der Waals surface area contributed by atoms with Gasteiger partial charge in [-0.15, -0.1) is 0 Å². The predicted octanol–water partition coefficient (Wildman–Crippen LogP) is 0.00240. The van der Waals surface area contributed by atoms with Crippen molar-refractivity contribution in [1.29, 1.82) is 0 Å². The molecule has 22 heavy (non-hydrogen) atoms. The minimum atomic E-state index is -1.17. The van der Waals surface area contributed by atoms with Crippen LogP contribution in [0.5, 0.6) is 0 Å². The minimum Gasteiger partial charge on any atom is -0.480 e. The Hall–Kier alpha value is -2.03. The molecule has 0 aliphatic heterocycles. The van der Waals surface area contributed by atoms with Gasteiger partial charge in [-0.2, -0.15) is 0 Å². The minimum absolute atomic E-state index is 0.138. The molecule has 0 saturated heterocycles. The number of rotatable bonds is 8. The fourth-order valence-electron chi connectivity index (χ4n) is 1.31. The fraction of sp³-hybridized carbons (Fsp3) is 0.769. The Bertz CT molecular complexity index is 381. The van der Waals surface area contributed by atoms with Gasteiger partial charge < -0.3 is 31.5 Å². The van der Waals surface area contributed by atoms with Gasteiger partial charge in [0.1, 0.15) is 11.6 Å². The summed E-state index contributed by atoms with van der Waals surface area (Å²) in [5, 5.41) is 16.1. The van der Waals surface area contributed by atoms with Crippen molar-refractivity contribution in [1.82, 2.24) is 16.0 Å². The second-order valence-electron chi connectivity index (χ2n) is 5.72. The average molecular weight is 318 g/mol. The van der Waals surface area contributed by atoms with Gasteiger partial charge in [0.25, 0.3) is 0 Å². The highest BCUT2D eigenvalue weighted by Gasteiger charge is 2.15. The van der Waals surface area contributed by atoms with Gasteiger partial charge in [0, 0.05) is 19.6 Å². The molecule has 1 atom stereocenters. The van der Waals surface area contributed by atoms with E-state index in [0.717, 1.165) is 0 Å². The molecule has 0 aliphatic carbocycles. The second-order valence-corrected chi connectivity index (χ2v) is 5.72. The SMILES string of the molecule is CC(C)(C)OC(=O)NCCCCNC(=O)NCC(N)C(=O)O. The number of hydrogen-bond acceptors (Lipinski definition) is 5. The molecule has 3 amide bonds. The summed E-state index contributed by atoms with van der Waals surface area (Å²) in [6.45, 7) is 6.07. The van der Waals surface area contributed by atoms with Crippen molar-refractivity contribution in [3.63, 3.8) is 0 Å². The lowest BCUT2D eigenvalue weighted by Crippen LogP contribution is -2.46. The van der Waals surface area contributed by atoms with Crippen molar-refractivity contribution in [2.24, 2.45) is 5.73 Å². The summed E-state index contributed by atoms with van der Waals surface area (Å²) in [6, 6.07) is -1.60. The largest absolute Gasteiger partial charge is 0.480 e. The summed E-state index contributed by atoms with van der Waals surface area (Å²) in [5.41, 5.74) is 4.71. The van der Waals surface area contributed by atoms with E-state index in [1.165, 1.54) is 0 Å². The first kappa shape index (κ1) is 20.0. The number of carbonyl (C=O) groups is 3. The molecule has 1 unspecified atom stereocenters. The lowest BCUT2D eigenvalue weighted by atomic mass is 10.2. The Morgan fingerprint density at radius 3 is 2.14 bits per heavy atom. The van der Waals surface area contributed by atoms with E-state index in [0.29, 0.717) is 25.9 Å². The van der Waals surface area contributed by atoms with E-state index in [9.17, 15) is 14.4 Å². The second kappa shape index (κ2) is 9.82. The highest BCUT2D eigenvalue weighted by atomic mass is 16.6. The fourth-order valence-corrected chi connectivity index (χ4v) is 1.31. The molecule has 0 bridgehead atoms. The lowest BCUT2D eigenvalue weighted by Gasteiger charge is -2.19. The van der Waals surface area contributed by atoms with Gasteiger partial charge >= 0.3 is 18.1 Å². The van der Waals surface area contributed by atoms with Crippen LogP contribution in [0.3, 0.4) is 0 Å². The molecule has 0 saturated carbocycles. The molecule has 0 aromatic heterocycles. The number of nitrogens with one attached hydrogen (secondary N) is 3. The number of hydrogen-bond donors (Lipinski definition) is 5. The van der Waals surface area contributed by atoms with E-state index in [1.807, 2.05) is 0 Å². The normalized spacial score (nSPS) is 12.2. The molecular formula is C13H26N4O5. The van der Waals surface area contributed by atoms with Crippen molar-refractivity contribution in [2.45, 2.75) is 45.3 Å². The standard InChI is InChI=1S/C13H26N4O5/c1-13(2,3)22-12(21)16-7-5-4-6-15-11(20)17-8-9(14)10(18)19/h9H,4-8,14H2,1-3H3,(H,16,21)(H,18,19)(H2,15,17,20). The van der Waals surface area contributed by atoms with Gasteiger partial charge in [0.15, 0.2) is 0 Å². The molecule has 0 rings (SSSR count). The number of carboxylic acids is 1. The van der Waals surface area contributed by atoms with Crippen LogP contribution in [0.2, 0.25) is 0 Å². The quantitative estimate of drug-likeness (QED) is 0.399. The average Bonchev–Trinajstić information content (AvgIpc) is 2.37. The molecule has 0 heterocycles. The Labute approximate surface area is 130 Å². The molecule has 6 N–H and O–H groups in total. The molecule has 0 aromatic carbocycles. The topological polar surface area (TPSA) is 143 Å². The van der Waals surface area contributed by atoms with Crippen LogP contribution in [-0.2, 0) is 9.53 Å². The van der Waals surface area contributed by atoms with E-state index in [1.54, 1.807) is 20.8 Å². The van der Waals surface area contributed by atoms with E-state index in [2.05, 4.69) is 16.0 Å². The van der Waals surface area contributed by atoms with Crippen LogP contribution in [0, 0.1) is 0 Å². The van der Waals surface area contributed by atoms with E-state index in [4.69, 9.17) is 15.6 Å². The van der Waals surface area contributed by atoms with Gasteiger partial charge in [-0.1, -0.05) is 0 Å². The zero-order valence-electron chi connectivity index (χ0n) is 13.3. The summed E-state index contributed by atoms with van der Waals surface area (Å²) < 4.78 is 5.07. The number of urea groups is 1. The lowest BCUT2D eigenvalue weighted by molar-refractivity contribution is -0.138. The first-order valence-electron chi connectivity index (χ1n) is 7.09. The third-order valence-electron chi connectivity index (χ3n) is 2.36. The summed E-state index contributed by atoms with van der Waals surface area (Å²) in [4.78, 5) is 33.1. The van der Waals surface area contributed by atoms with Gasteiger partial charge in [-0.3, -0.25) is 4.79 Å². The number of ether oxygens (including phenoxy) is 1. The van der Waals surface area contributed by atoms with Crippen LogP contribution in [0.4, 0.5) is 9.59 Å². The van der Waals surface area contributed by atoms with E-state index >= 15 is 0 Å². The Kier molecular flexibility index (Phi) is 8.92. The summed E-state index contributed by atoms with van der Waals surface area (Å²) in [5.74, 6) is -1.17. The van der Waals surface area contributed by atoms with Crippen molar-refractivity contribution in [2.75, 3.05) is 19.6 Å². The molecule has 128 valence electrons. The zero-order valence-corrected chi connectivity index (χ0v) is 13.3. The highest BCUT2D eigenvalue weighted by molar-refractivity contribution is 5.77. The van der Waals surface area contributed by atoms with Crippen LogP contribution in [0.1, 0.15) is 33.6 Å². The van der Waals surface area contributed by atoms with E-state index < -0.39 is 29.7 Å². The first-order valence-corrected chi connectivity index (χ1v) is 7.09. The monoisotopic (exact) mass is 318 g/mol. The molecule has 0 aliphatic rings. The number of carboxylic acid groups (broad SMARTS) is 1. The van der Waals surface area contributed by atoms with E-state index in [-0.39, 0.29) is 6.54 Å². The number of aliphatic carboxylic acids is 1.